The minimum atomic E-state index is -0.479. The largest absolute Gasteiger partial charge is 0.317 e. The number of hydrazine groups is 1. The van der Waals surface area contributed by atoms with Crippen molar-refractivity contribution in [3.8, 4) is 11.1 Å². The molecule has 0 radical (unpaired) electrons. The Morgan fingerprint density at radius 1 is 1.19 bits per heavy atom. The van der Waals surface area contributed by atoms with Gasteiger partial charge in [-0.25, -0.2) is 4.39 Å². The van der Waals surface area contributed by atoms with Crippen LogP contribution in [0.4, 0.5) is 4.39 Å². The Hall–Kier alpha value is -1.89. The standard InChI is InChI=1S/C20H24FN3OS/c1-14-11-17(16-5-3-2-4-6-16)12-18(19(14)21)20(25)23-24-26-13-15-7-9-22-10-8-15/h2-6,11-12,15,22,24H,7-10,13H2,1H3,(H,23,25). The highest BCUT2D eigenvalue weighted by Gasteiger charge is 2.17. The molecule has 26 heavy (non-hydrogen) atoms. The van der Waals surface area contributed by atoms with Crippen LogP contribution in [0.5, 0.6) is 0 Å². The quantitative estimate of drug-likeness (QED) is 0.411. The summed E-state index contributed by atoms with van der Waals surface area (Å²) in [5.41, 5.74) is 4.90. The van der Waals surface area contributed by atoms with E-state index < -0.39 is 11.7 Å². The van der Waals surface area contributed by atoms with Gasteiger partial charge in [0.05, 0.1) is 5.56 Å². The maximum Gasteiger partial charge on any atom is 0.269 e. The maximum absolute atomic E-state index is 14.4. The second-order valence-corrected chi connectivity index (χ2v) is 7.41. The van der Waals surface area contributed by atoms with Crippen LogP contribution in [-0.4, -0.2) is 24.7 Å². The Balaban J connectivity index is 1.62. The molecule has 0 saturated carbocycles. The monoisotopic (exact) mass is 373 g/mol. The molecule has 1 aliphatic heterocycles. The van der Waals surface area contributed by atoms with Gasteiger partial charge in [0, 0.05) is 5.75 Å². The topological polar surface area (TPSA) is 53.2 Å². The molecule has 0 bridgehead atoms. The number of carbonyl (C=O) groups excluding carboxylic acids is 1. The third-order valence-corrected chi connectivity index (χ3v) is 5.51. The van der Waals surface area contributed by atoms with E-state index in [0.717, 1.165) is 42.8 Å². The molecule has 0 atom stereocenters. The molecule has 0 spiro atoms. The molecule has 4 nitrogen and oxygen atoms in total. The lowest BCUT2D eigenvalue weighted by Crippen LogP contribution is -2.35. The van der Waals surface area contributed by atoms with E-state index in [4.69, 9.17) is 0 Å². The van der Waals surface area contributed by atoms with Crippen molar-refractivity contribution < 1.29 is 9.18 Å². The summed E-state index contributed by atoms with van der Waals surface area (Å²) in [6.45, 7) is 3.78. The molecule has 0 aromatic heterocycles. The van der Waals surface area contributed by atoms with Crippen LogP contribution in [0.25, 0.3) is 11.1 Å². The fourth-order valence-corrected chi connectivity index (χ4v) is 3.91. The third-order valence-electron chi connectivity index (χ3n) is 4.62. The van der Waals surface area contributed by atoms with E-state index in [2.05, 4.69) is 15.6 Å². The van der Waals surface area contributed by atoms with E-state index >= 15 is 0 Å². The van der Waals surface area contributed by atoms with Crippen molar-refractivity contribution in [1.82, 2.24) is 15.6 Å². The molecule has 2 aromatic rings. The predicted molar refractivity (Wildman–Crippen MR) is 105 cm³/mol. The summed E-state index contributed by atoms with van der Waals surface area (Å²) in [6.07, 6.45) is 2.30. The Labute approximate surface area is 158 Å². The van der Waals surface area contributed by atoms with Gasteiger partial charge in [0.15, 0.2) is 0 Å². The highest BCUT2D eigenvalue weighted by atomic mass is 32.2. The smallest absolute Gasteiger partial charge is 0.269 e. The molecule has 1 fully saturated rings. The first-order chi connectivity index (χ1) is 12.6. The first-order valence-electron chi connectivity index (χ1n) is 8.88. The number of carbonyl (C=O) groups is 1. The highest BCUT2D eigenvalue weighted by molar-refractivity contribution is 7.97. The lowest BCUT2D eigenvalue weighted by atomic mass is 9.99. The summed E-state index contributed by atoms with van der Waals surface area (Å²) in [7, 11) is 0. The van der Waals surface area contributed by atoms with Crippen molar-refractivity contribution in [2.75, 3.05) is 18.8 Å². The first kappa shape index (κ1) is 18.9. The maximum atomic E-state index is 14.4. The summed E-state index contributed by atoms with van der Waals surface area (Å²) < 4.78 is 14.4. The van der Waals surface area contributed by atoms with Gasteiger partial charge in [0.25, 0.3) is 5.91 Å². The molecule has 3 rings (SSSR count). The molecule has 138 valence electrons. The first-order valence-corrected chi connectivity index (χ1v) is 9.87. The number of hydrogen-bond acceptors (Lipinski definition) is 4. The van der Waals surface area contributed by atoms with Gasteiger partial charge in [-0.2, -0.15) is 4.83 Å². The SMILES string of the molecule is Cc1cc(-c2ccccc2)cc(C(=O)NNSCC2CCNCC2)c1F. The van der Waals surface area contributed by atoms with Crippen molar-refractivity contribution in [2.45, 2.75) is 19.8 Å². The average Bonchev–Trinajstić information content (AvgIpc) is 2.68. The van der Waals surface area contributed by atoms with Crippen LogP contribution in [0.2, 0.25) is 0 Å². The second-order valence-electron chi connectivity index (χ2n) is 6.58. The average molecular weight is 373 g/mol. The number of rotatable bonds is 6. The third kappa shape index (κ3) is 4.84. The van der Waals surface area contributed by atoms with Crippen LogP contribution in [0.1, 0.15) is 28.8 Å². The van der Waals surface area contributed by atoms with Crippen LogP contribution in [0.15, 0.2) is 42.5 Å². The summed E-state index contributed by atoms with van der Waals surface area (Å²) in [6, 6.07) is 13.0. The van der Waals surface area contributed by atoms with Gasteiger partial charge in [-0.1, -0.05) is 42.3 Å². The van der Waals surface area contributed by atoms with E-state index in [-0.39, 0.29) is 5.56 Å². The van der Waals surface area contributed by atoms with Gasteiger partial charge in [-0.05, 0) is 67.6 Å². The van der Waals surface area contributed by atoms with Crippen LogP contribution in [0, 0.1) is 18.7 Å². The number of amides is 1. The number of halogens is 1. The Morgan fingerprint density at radius 3 is 2.65 bits per heavy atom. The normalized spacial score (nSPS) is 15.0. The molecule has 1 amide bonds. The van der Waals surface area contributed by atoms with Gasteiger partial charge in [0.2, 0.25) is 0 Å². The summed E-state index contributed by atoms with van der Waals surface area (Å²) >= 11 is 1.46. The lowest BCUT2D eigenvalue weighted by Gasteiger charge is -2.22. The zero-order valence-electron chi connectivity index (χ0n) is 14.8. The van der Waals surface area contributed by atoms with Gasteiger partial charge < -0.3 is 5.32 Å². The molecule has 1 heterocycles. The van der Waals surface area contributed by atoms with Crippen molar-refractivity contribution in [2.24, 2.45) is 5.92 Å². The van der Waals surface area contributed by atoms with Crippen LogP contribution in [-0.2, 0) is 0 Å². The Kier molecular flexibility index (Phi) is 6.66. The van der Waals surface area contributed by atoms with Crippen LogP contribution in [0.3, 0.4) is 0 Å². The van der Waals surface area contributed by atoms with Crippen LogP contribution < -0.4 is 15.6 Å². The van der Waals surface area contributed by atoms with Gasteiger partial charge in [-0.3, -0.25) is 10.2 Å². The molecule has 6 heteroatoms. The zero-order chi connectivity index (χ0) is 18.4. The summed E-state index contributed by atoms with van der Waals surface area (Å²) in [5, 5.41) is 3.33. The Morgan fingerprint density at radius 2 is 1.92 bits per heavy atom. The lowest BCUT2D eigenvalue weighted by molar-refractivity contribution is 0.0943. The molecular formula is C20H24FN3OS. The number of benzene rings is 2. The van der Waals surface area contributed by atoms with E-state index in [1.807, 2.05) is 30.3 Å². The van der Waals surface area contributed by atoms with E-state index in [1.54, 1.807) is 19.1 Å². The molecule has 0 aliphatic carbocycles. The fraction of sp³-hybridized carbons (Fsp3) is 0.350. The molecular weight excluding hydrogens is 349 g/mol. The van der Waals surface area contributed by atoms with E-state index in [1.165, 1.54) is 11.9 Å². The van der Waals surface area contributed by atoms with Crippen molar-refractivity contribution in [3.05, 3.63) is 59.4 Å². The molecule has 3 N–H and O–H groups in total. The highest BCUT2D eigenvalue weighted by Crippen LogP contribution is 2.24. The van der Waals surface area contributed by atoms with E-state index in [9.17, 15) is 9.18 Å². The second kappa shape index (κ2) is 9.16. The van der Waals surface area contributed by atoms with E-state index in [0.29, 0.717) is 11.5 Å². The number of hydrogen-bond donors (Lipinski definition) is 3. The van der Waals surface area contributed by atoms with Gasteiger partial charge in [0.1, 0.15) is 5.82 Å². The van der Waals surface area contributed by atoms with Crippen LogP contribution >= 0.6 is 11.9 Å². The summed E-state index contributed by atoms with van der Waals surface area (Å²) in [5.74, 6) is 0.632. The molecule has 2 aromatic carbocycles. The molecule has 0 unspecified atom stereocenters. The summed E-state index contributed by atoms with van der Waals surface area (Å²) in [4.78, 5) is 15.3. The predicted octanol–water partition coefficient (Wildman–Crippen LogP) is 3.68. The Bertz CT molecular complexity index is 748. The van der Waals surface area contributed by atoms with Crippen molar-refractivity contribution in [1.29, 1.82) is 0 Å². The van der Waals surface area contributed by atoms with Gasteiger partial charge >= 0.3 is 0 Å². The minimum Gasteiger partial charge on any atom is -0.317 e. The van der Waals surface area contributed by atoms with Gasteiger partial charge in [-0.15, -0.1) is 0 Å². The number of piperidine rings is 1. The number of aryl methyl sites for hydroxylation is 1. The minimum absolute atomic E-state index is 0.0545. The molecule has 1 aliphatic rings. The zero-order valence-corrected chi connectivity index (χ0v) is 15.7. The number of nitrogens with one attached hydrogen (secondary N) is 3. The molecule has 1 saturated heterocycles. The van der Waals surface area contributed by atoms with Crippen molar-refractivity contribution >= 4 is 17.9 Å². The fourth-order valence-electron chi connectivity index (χ4n) is 3.09. The van der Waals surface area contributed by atoms with Crippen molar-refractivity contribution in [3.63, 3.8) is 0 Å².